The van der Waals surface area contributed by atoms with Crippen molar-refractivity contribution >= 4 is 33.9 Å². The molecular weight excluding hydrogens is 280 g/mol. The summed E-state index contributed by atoms with van der Waals surface area (Å²) in [6.45, 7) is 2.94. The average molecular weight is 293 g/mol. The molecule has 0 amide bonds. The predicted molar refractivity (Wildman–Crippen MR) is 78.9 cm³/mol. The monoisotopic (exact) mass is 292 g/mol. The zero-order valence-corrected chi connectivity index (χ0v) is 12.0. The lowest BCUT2D eigenvalue weighted by Gasteiger charge is -2.12. The molecule has 2 aromatic heterocycles. The van der Waals surface area contributed by atoms with E-state index in [1.54, 1.807) is 11.3 Å². The number of hydrogen-bond acceptors (Lipinski definition) is 4. The van der Waals surface area contributed by atoms with E-state index in [9.17, 15) is 0 Å². The zero-order chi connectivity index (χ0) is 13.2. The number of rotatable bonds is 4. The SMILES string of the molecule is CCNC(c1cc2cc(Cl)ccc2o1)c1cncs1. The number of thiazole rings is 1. The first kappa shape index (κ1) is 12.7. The van der Waals surface area contributed by atoms with Gasteiger partial charge in [0.25, 0.3) is 0 Å². The fourth-order valence-corrected chi connectivity index (χ4v) is 2.97. The number of nitrogens with one attached hydrogen (secondary N) is 1. The standard InChI is InChI=1S/C14H13ClN2OS/c1-2-17-14(13-7-16-8-19-13)12-6-9-5-10(15)3-4-11(9)18-12/h3-8,14,17H,2H2,1H3. The minimum Gasteiger partial charge on any atom is -0.459 e. The van der Waals surface area contributed by atoms with E-state index in [1.807, 2.05) is 36.0 Å². The molecule has 0 aliphatic carbocycles. The fraction of sp³-hybridized carbons (Fsp3) is 0.214. The Kier molecular flexibility index (Phi) is 3.55. The highest BCUT2D eigenvalue weighted by Gasteiger charge is 2.19. The van der Waals surface area contributed by atoms with Crippen molar-refractivity contribution in [3.63, 3.8) is 0 Å². The highest BCUT2D eigenvalue weighted by molar-refractivity contribution is 7.09. The van der Waals surface area contributed by atoms with Gasteiger partial charge in [-0.25, -0.2) is 0 Å². The van der Waals surface area contributed by atoms with Crippen molar-refractivity contribution in [3.05, 3.63) is 51.6 Å². The first-order valence-corrected chi connectivity index (χ1v) is 7.34. The number of furan rings is 1. The van der Waals surface area contributed by atoms with Gasteiger partial charge >= 0.3 is 0 Å². The smallest absolute Gasteiger partial charge is 0.134 e. The van der Waals surface area contributed by atoms with Crippen molar-refractivity contribution in [2.24, 2.45) is 0 Å². The van der Waals surface area contributed by atoms with E-state index >= 15 is 0 Å². The number of nitrogens with zero attached hydrogens (tertiary/aromatic N) is 1. The number of halogens is 1. The summed E-state index contributed by atoms with van der Waals surface area (Å²) in [6.07, 6.45) is 1.87. The summed E-state index contributed by atoms with van der Waals surface area (Å²) in [5.74, 6) is 0.892. The zero-order valence-electron chi connectivity index (χ0n) is 10.4. The van der Waals surface area contributed by atoms with Gasteiger partial charge in [0.15, 0.2) is 0 Å². The average Bonchev–Trinajstić information content (AvgIpc) is 3.04. The molecule has 0 radical (unpaired) electrons. The van der Waals surface area contributed by atoms with Crippen LogP contribution in [0.2, 0.25) is 5.02 Å². The van der Waals surface area contributed by atoms with E-state index in [4.69, 9.17) is 16.0 Å². The fourth-order valence-electron chi connectivity index (χ4n) is 2.09. The molecule has 0 spiro atoms. The molecule has 3 nitrogen and oxygen atoms in total. The van der Waals surface area contributed by atoms with Crippen LogP contribution in [0.1, 0.15) is 23.6 Å². The molecule has 3 aromatic rings. The second-order valence-electron chi connectivity index (χ2n) is 4.23. The van der Waals surface area contributed by atoms with E-state index in [-0.39, 0.29) is 6.04 Å². The van der Waals surface area contributed by atoms with Gasteiger partial charge in [0.1, 0.15) is 17.4 Å². The second-order valence-corrected chi connectivity index (χ2v) is 5.58. The summed E-state index contributed by atoms with van der Waals surface area (Å²) in [4.78, 5) is 5.28. The third kappa shape index (κ3) is 2.52. The Balaban J connectivity index is 2.05. The maximum atomic E-state index is 6.00. The second kappa shape index (κ2) is 5.33. The van der Waals surface area contributed by atoms with Gasteiger partial charge in [-0.2, -0.15) is 0 Å². The van der Waals surface area contributed by atoms with Gasteiger partial charge in [-0.3, -0.25) is 4.98 Å². The topological polar surface area (TPSA) is 38.1 Å². The summed E-state index contributed by atoms with van der Waals surface area (Å²) < 4.78 is 5.92. The van der Waals surface area contributed by atoms with E-state index in [0.717, 1.165) is 33.2 Å². The molecule has 0 saturated carbocycles. The van der Waals surface area contributed by atoms with Crippen molar-refractivity contribution in [3.8, 4) is 0 Å². The summed E-state index contributed by atoms with van der Waals surface area (Å²) in [6, 6.07) is 7.74. The van der Waals surface area contributed by atoms with Crippen LogP contribution in [0.15, 0.2) is 40.4 Å². The van der Waals surface area contributed by atoms with Crippen molar-refractivity contribution in [1.29, 1.82) is 0 Å². The van der Waals surface area contributed by atoms with Gasteiger partial charge in [0.05, 0.1) is 5.51 Å². The normalized spacial score (nSPS) is 12.9. The molecule has 0 fully saturated rings. The molecular formula is C14H13ClN2OS. The minimum absolute atomic E-state index is 0.0451. The van der Waals surface area contributed by atoms with Crippen LogP contribution >= 0.6 is 22.9 Å². The number of aromatic nitrogens is 1. The Morgan fingerprint density at radius 1 is 1.42 bits per heavy atom. The number of fused-ring (bicyclic) bond motifs is 1. The molecule has 2 heterocycles. The van der Waals surface area contributed by atoms with Crippen LogP contribution in [0.3, 0.4) is 0 Å². The van der Waals surface area contributed by atoms with Crippen LogP contribution < -0.4 is 5.32 Å². The molecule has 3 rings (SSSR count). The Labute approximate surface area is 120 Å². The van der Waals surface area contributed by atoms with Crippen LogP contribution in [0.5, 0.6) is 0 Å². The summed E-state index contributed by atoms with van der Waals surface area (Å²) in [5, 5.41) is 5.16. The van der Waals surface area contributed by atoms with E-state index in [0.29, 0.717) is 0 Å². The van der Waals surface area contributed by atoms with E-state index in [1.165, 1.54) is 0 Å². The Bertz CT molecular complexity index is 678. The predicted octanol–water partition coefficient (Wildman–Crippen LogP) is 4.24. The minimum atomic E-state index is 0.0451. The lowest BCUT2D eigenvalue weighted by molar-refractivity contribution is 0.480. The lowest BCUT2D eigenvalue weighted by atomic mass is 10.2. The van der Waals surface area contributed by atoms with Crippen molar-refractivity contribution < 1.29 is 4.42 Å². The molecule has 0 saturated heterocycles. The first-order valence-electron chi connectivity index (χ1n) is 6.08. The van der Waals surface area contributed by atoms with Crippen LogP contribution in [0, 0.1) is 0 Å². The third-order valence-electron chi connectivity index (χ3n) is 2.93. The highest BCUT2D eigenvalue weighted by Crippen LogP contribution is 2.31. The summed E-state index contributed by atoms with van der Waals surface area (Å²) in [7, 11) is 0. The quantitative estimate of drug-likeness (QED) is 0.781. The molecule has 0 aliphatic rings. The van der Waals surface area contributed by atoms with Gasteiger partial charge in [-0.05, 0) is 30.8 Å². The molecule has 1 atom stereocenters. The molecule has 98 valence electrons. The lowest BCUT2D eigenvalue weighted by Crippen LogP contribution is -2.20. The molecule has 0 aliphatic heterocycles. The van der Waals surface area contributed by atoms with Gasteiger partial charge in [-0.1, -0.05) is 18.5 Å². The van der Waals surface area contributed by atoms with Gasteiger partial charge in [-0.15, -0.1) is 11.3 Å². The van der Waals surface area contributed by atoms with Crippen LogP contribution in [-0.2, 0) is 0 Å². The summed E-state index contributed by atoms with van der Waals surface area (Å²) >= 11 is 7.62. The molecule has 1 aromatic carbocycles. The van der Waals surface area contributed by atoms with Gasteiger partial charge in [0, 0.05) is 21.5 Å². The van der Waals surface area contributed by atoms with Crippen LogP contribution in [-0.4, -0.2) is 11.5 Å². The maximum Gasteiger partial charge on any atom is 0.134 e. The molecule has 5 heteroatoms. The number of hydrogen-bond donors (Lipinski definition) is 1. The molecule has 1 unspecified atom stereocenters. The Morgan fingerprint density at radius 2 is 2.32 bits per heavy atom. The van der Waals surface area contributed by atoms with Crippen LogP contribution in [0.4, 0.5) is 0 Å². The van der Waals surface area contributed by atoms with Crippen molar-refractivity contribution in [2.45, 2.75) is 13.0 Å². The van der Waals surface area contributed by atoms with Gasteiger partial charge < -0.3 is 9.73 Å². The third-order valence-corrected chi connectivity index (χ3v) is 4.00. The Morgan fingerprint density at radius 3 is 3.05 bits per heavy atom. The Hall–Kier alpha value is -1.36. The largest absolute Gasteiger partial charge is 0.459 e. The first-order chi connectivity index (χ1) is 9.28. The molecule has 19 heavy (non-hydrogen) atoms. The van der Waals surface area contributed by atoms with Crippen molar-refractivity contribution in [1.82, 2.24) is 10.3 Å². The van der Waals surface area contributed by atoms with Crippen molar-refractivity contribution in [2.75, 3.05) is 6.54 Å². The number of benzene rings is 1. The maximum absolute atomic E-state index is 6.00. The highest BCUT2D eigenvalue weighted by atomic mass is 35.5. The van der Waals surface area contributed by atoms with Gasteiger partial charge in [0.2, 0.25) is 0 Å². The van der Waals surface area contributed by atoms with Crippen LogP contribution in [0.25, 0.3) is 11.0 Å². The molecule has 1 N–H and O–H groups in total. The molecule has 0 bridgehead atoms. The van der Waals surface area contributed by atoms with E-state index in [2.05, 4.69) is 17.2 Å². The van der Waals surface area contributed by atoms with E-state index < -0.39 is 0 Å². The summed E-state index contributed by atoms with van der Waals surface area (Å²) in [5.41, 5.74) is 2.69.